The second kappa shape index (κ2) is 8.43. The second-order valence-electron chi connectivity index (χ2n) is 6.68. The van der Waals surface area contributed by atoms with Crippen molar-refractivity contribution < 1.29 is 0 Å². The van der Waals surface area contributed by atoms with Gasteiger partial charge in [-0.15, -0.1) is 0 Å². The van der Waals surface area contributed by atoms with Gasteiger partial charge in [0.15, 0.2) is 0 Å². The molecule has 0 radical (unpaired) electrons. The Labute approximate surface area is 157 Å². The van der Waals surface area contributed by atoms with E-state index in [9.17, 15) is 4.79 Å². The topological polar surface area (TPSA) is 50.2 Å². The van der Waals surface area contributed by atoms with Crippen molar-refractivity contribution >= 4 is 26.8 Å². The van der Waals surface area contributed by atoms with Gasteiger partial charge in [0.05, 0.1) is 16.9 Å². The highest BCUT2D eigenvalue weighted by Crippen LogP contribution is 2.26. The van der Waals surface area contributed by atoms with Gasteiger partial charge >= 0.3 is 0 Å². The van der Waals surface area contributed by atoms with Crippen LogP contribution >= 0.6 is 15.9 Å². The Balaban J connectivity index is 2.15. The third-order valence-corrected chi connectivity index (χ3v) is 5.34. The third kappa shape index (κ3) is 3.96. The smallest absolute Gasteiger partial charge is 0.261 e. The molecule has 1 unspecified atom stereocenters. The Kier molecular flexibility index (Phi) is 6.25. The van der Waals surface area contributed by atoms with Gasteiger partial charge in [0.2, 0.25) is 0 Å². The Morgan fingerprint density at radius 3 is 2.68 bits per heavy atom. The first-order valence-electron chi connectivity index (χ1n) is 9.30. The quantitative estimate of drug-likeness (QED) is 0.799. The summed E-state index contributed by atoms with van der Waals surface area (Å²) in [5.74, 6) is 0.936. The van der Waals surface area contributed by atoms with Crippen LogP contribution in [0.25, 0.3) is 10.9 Å². The second-order valence-corrected chi connectivity index (χ2v) is 7.59. The molecule has 1 aromatic carbocycles. The monoisotopic (exact) mass is 406 g/mol. The van der Waals surface area contributed by atoms with Gasteiger partial charge in [0, 0.05) is 37.2 Å². The minimum atomic E-state index is 0.0828. The van der Waals surface area contributed by atoms with E-state index < -0.39 is 0 Å². The molecule has 0 aliphatic carbocycles. The number of hydrogen-bond donors (Lipinski definition) is 1. The van der Waals surface area contributed by atoms with Crippen molar-refractivity contribution in [1.29, 1.82) is 0 Å². The highest BCUT2D eigenvalue weighted by atomic mass is 79.9. The van der Waals surface area contributed by atoms with Crippen molar-refractivity contribution in [3.63, 3.8) is 0 Å². The molecule has 3 rings (SSSR count). The number of halogens is 1. The molecule has 1 N–H and O–H groups in total. The molecular formula is C19H27BrN4O. The van der Waals surface area contributed by atoms with E-state index in [1.165, 1.54) is 0 Å². The van der Waals surface area contributed by atoms with Crippen molar-refractivity contribution in [3.8, 4) is 0 Å². The summed E-state index contributed by atoms with van der Waals surface area (Å²) >= 11 is 3.47. The molecule has 1 saturated heterocycles. The maximum Gasteiger partial charge on any atom is 0.261 e. The normalized spacial score (nSPS) is 17.1. The van der Waals surface area contributed by atoms with Gasteiger partial charge in [-0.3, -0.25) is 14.3 Å². The van der Waals surface area contributed by atoms with Crippen LogP contribution in [-0.4, -0.2) is 40.6 Å². The van der Waals surface area contributed by atoms with Crippen molar-refractivity contribution in [3.05, 3.63) is 38.9 Å². The zero-order valence-electron chi connectivity index (χ0n) is 15.1. The van der Waals surface area contributed by atoms with E-state index in [1.807, 2.05) is 22.8 Å². The van der Waals surface area contributed by atoms with E-state index >= 15 is 0 Å². The summed E-state index contributed by atoms with van der Waals surface area (Å²) in [4.78, 5) is 20.6. The van der Waals surface area contributed by atoms with Crippen LogP contribution in [0, 0.1) is 0 Å². The molecule has 1 aliphatic rings. The molecule has 0 bridgehead atoms. The molecule has 2 aromatic rings. The van der Waals surface area contributed by atoms with E-state index in [-0.39, 0.29) is 11.6 Å². The van der Waals surface area contributed by atoms with Crippen molar-refractivity contribution in [2.75, 3.05) is 26.2 Å². The minimum Gasteiger partial charge on any atom is -0.314 e. The predicted octanol–water partition coefficient (Wildman–Crippen LogP) is 3.32. The average molecular weight is 407 g/mol. The highest BCUT2D eigenvalue weighted by molar-refractivity contribution is 9.10. The van der Waals surface area contributed by atoms with Gasteiger partial charge < -0.3 is 5.32 Å². The predicted molar refractivity (Wildman–Crippen MR) is 106 cm³/mol. The fourth-order valence-electron chi connectivity index (χ4n) is 3.65. The Hall–Kier alpha value is -1.24. The molecule has 1 atom stereocenters. The van der Waals surface area contributed by atoms with Crippen LogP contribution in [0.4, 0.5) is 0 Å². The number of nitrogens with one attached hydrogen (secondary N) is 1. The number of hydrogen-bond acceptors (Lipinski definition) is 4. The number of rotatable bonds is 6. The molecule has 1 aliphatic heterocycles. The lowest BCUT2D eigenvalue weighted by Crippen LogP contribution is -2.46. The summed E-state index contributed by atoms with van der Waals surface area (Å²) < 4.78 is 2.83. The third-order valence-electron chi connectivity index (χ3n) is 4.85. The lowest BCUT2D eigenvalue weighted by atomic mass is 10.1. The number of nitrogens with zero attached hydrogens (tertiary/aromatic N) is 3. The van der Waals surface area contributed by atoms with E-state index in [2.05, 4.69) is 40.0 Å². The van der Waals surface area contributed by atoms with Crippen LogP contribution < -0.4 is 10.9 Å². The van der Waals surface area contributed by atoms with E-state index in [0.717, 1.165) is 67.8 Å². The molecule has 5 nitrogen and oxygen atoms in total. The zero-order valence-corrected chi connectivity index (χ0v) is 16.7. The van der Waals surface area contributed by atoms with Crippen LogP contribution in [0.3, 0.4) is 0 Å². The average Bonchev–Trinajstić information content (AvgIpc) is 2.63. The van der Waals surface area contributed by atoms with Crippen LogP contribution in [-0.2, 0) is 6.54 Å². The Morgan fingerprint density at radius 1 is 1.24 bits per heavy atom. The Bertz CT molecular complexity index is 783. The summed E-state index contributed by atoms with van der Waals surface area (Å²) in [6, 6.07) is 6.00. The Morgan fingerprint density at radius 2 is 2.00 bits per heavy atom. The van der Waals surface area contributed by atoms with Gasteiger partial charge in [0.25, 0.3) is 5.56 Å². The summed E-state index contributed by atoms with van der Waals surface area (Å²) in [7, 11) is 0. The lowest BCUT2D eigenvalue weighted by molar-refractivity contribution is 0.153. The van der Waals surface area contributed by atoms with E-state index in [1.54, 1.807) is 0 Å². The van der Waals surface area contributed by atoms with Gasteiger partial charge in [-0.1, -0.05) is 36.2 Å². The first kappa shape index (κ1) is 18.5. The number of fused-ring (bicyclic) bond motifs is 1. The molecule has 1 fully saturated rings. The van der Waals surface area contributed by atoms with Gasteiger partial charge in [0.1, 0.15) is 5.82 Å². The molecule has 25 heavy (non-hydrogen) atoms. The van der Waals surface area contributed by atoms with Crippen LogP contribution in [0.2, 0.25) is 0 Å². The summed E-state index contributed by atoms with van der Waals surface area (Å²) in [6.07, 6.45) is 3.03. The molecule has 1 aromatic heterocycles. The fourth-order valence-corrected chi connectivity index (χ4v) is 4.01. The van der Waals surface area contributed by atoms with E-state index in [4.69, 9.17) is 4.98 Å². The zero-order chi connectivity index (χ0) is 17.8. The van der Waals surface area contributed by atoms with Gasteiger partial charge in [-0.25, -0.2) is 4.98 Å². The first-order valence-corrected chi connectivity index (χ1v) is 10.1. The standard InChI is InChI=1S/C19H27BrN4O/c1-3-5-17(23-11-8-21-9-12-23)18-22-16-7-6-14(20)13-15(16)19(25)24(18)10-4-2/h6-7,13,17,21H,3-5,8-12H2,1-2H3. The molecule has 0 spiro atoms. The lowest BCUT2D eigenvalue weighted by Gasteiger charge is -2.35. The van der Waals surface area contributed by atoms with Gasteiger partial charge in [-0.05, 0) is 31.0 Å². The van der Waals surface area contributed by atoms with Crippen molar-refractivity contribution in [2.24, 2.45) is 0 Å². The molecule has 6 heteroatoms. The molecule has 0 saturated carbocycles. The van der Waals surface area contributed by atoms with Crippen molar-refractivity contribution in [1.82, 2.24) is 19.8 Å². The largest absolute Gasteiger partial charge is 0.314 e. The van der Waals surface area contributed by atoms with Crippen LogP contribution in [0.15, 0.2) is 27.5 Å². The SMILES string of the molecule is CCCC(c1nc2ccc(Br)cc2c(=O)n1CCC)N1CCNCC1. The molecular weight excluding hydrogens is 380 g/mol. The molecule has 2 heterocycles. The number of aromatic nitrogens is 2. The first-order chi connectivity index (χ1) is 12.2. The number of piperazine rings is 1. The van der Waals surface area contributed by atoms with Gasteiger partial charge in [-0.2, -0.15) is 0 Å². The van der Waals surface area contributed by atoms with Crippen molar-refractivity contribution in [2.45, 2.75) is 45.7 Å². The van der Waals surface area contributed by atoms with Crippen LogP contribution in [0.5, 0.6) is 0 Å². The fraction of sp³-hybridized carbons (Fsp3) is 0.579. The maximum absolute atomic E-state index is 13.2. The minimum absolute atomic E-state index is 0.0828. The molecule has 136 valence electrons. The summed E-state index contributed by atoms with van der Waals surface area (Å²) in [6.45, 7) is 9.04. The number of benzene rings is 1. The maximum atomic E-state index is 13.2. The van der Waals surface area contributed by atoms with Crippen LogP contribution in [0.1, 0.15) is 45.0 Å². The molecule has 0 amide bonds. The highest BCUT2D eigenvalue weighted by Gasteiger charge is 2.26. The van der Waals surface area contributed by atoms with E-state index in [0.29, 0.717) is 5.39 Å². The summed E-state index contributed by atoms with van der Waals surface area (Å²) in [5, 5.41) is 4.11. The summed E-state index contributed by atoms with van der Waals surface area (Å²) in [5.41, 5.74) is 0.881.